The van der Waals surface area contributed by atoms with Crippen molar-refractivity contribution in [1.29, 1.82) is 0 Å². The number of nitrogen functional groups attached to an aromatic ring is 1. The first-order valence-electron chi connectivity index (χ1n) is 4.96. The highest BCUT2D eigenvalue weighted by atomic mass is 32.2. The third-order valence-corrected chi connectivity index (χ3v) is 3.36. The highest BCUT2D eigenvalue weighted by Crippen LogP contribution is 2.17. The van der Waals surface area contributed by atoms with E-state index in [4.69, 9.17) is 5.73 Å². The van der Waals surface area contributed by atoms with E-state index in [0.29, 0.717) is 0 Å². The fourth-order valence-corrected chi connectivity index (χ4v) is 2.18. The molecule has 0 bridgehead atoms. The highest BCUT2D eigenvalue weighted by molar-refractivity contribution is 7.92. The quantitative estimate of drug-likeness (QED) is 0.609. The SMILES string of the molecule is COC(=O)CCS(=O)(=O)Nc1ccc(F)c(N)c1. The van der Waals surface area contributed by atoms with E-state index in [1.165, 1.54) is 13.2 Å². The summed E-state index contributed by atoms with van der Waals surface area (Å²) in [7, 11) is -2.53. The van der Waals surface area contributed by atoms with Crippen molar-refractivity contribution in [3.63, 3.8) is 0 Å². The van der Waals surface area contributed by atoms with Crippen molar-refractivity contribution in [1.82, 2.24) is 0 Å². The summed E-state index contributed by atoms with van der Waals surface area (Å²) in [6.45, 7) is 0. The predicted molar refractivity (Wildman–Crippen MR) is 64.9 cm³/mol. The van der Waals surface area contributed by atoms with Gasteiger partial charge >= 0.3 is 5.97 Å². The Morgan fingerprint density at radius 3 is 2.72 bits per heavy atom. The average Bonchev–Trinajstić information content (AvgIpc) is 2.30. The number of ether oxygens (including phenoxy) is 1. The zero-order valence-electron chi connectivity index (χ0n) is 9.64. The first-order chi connectivity index (χ1) is 8.34. The zero-order valence-corrected chi connectivity index (χ0v) is 10.5. The summed E-state index contributed by atoms with van der Waals surface area (Å²) in [5.41, 5.74) is 5.27. The number of benzene rings is 1. The number of anilines is 2. The van der Waals surface area contributed by atoms with E-state index in [2.05, 4.69) is 9.46 Å². The van der Waals surface area contributed by atoms with Crippen LogP contribution in [0.2, 0.25) is 0 Å². The zero-order chi connectivity index (χ0) is 13.8. The van der Waals surface area contributed by atoms with E-state index in [0.717, 1.165) is 12.1 Å². The summed E-state index contributed by atoms with van der Waals surface area (Å²) in [4.78, 5) is 10.8. The van der Waals surface area contributed by atoms with Gasteiger partial charge in [-0.05, 0) is 18.2 Å². The predicted octanol–water partition coefficient (Wildman–Crippen LogP) is 0.713. The van der Waals surface area contributed by atoms with Crippen LogP contribution in [0.3, 0.4) is 0 Å². The van der Waals surface area contributed by atoms with Crippen LogP contribution in [-0.4, -0.2) is 27.2 Å². The lowest BCUT2D eigenvalue weighted by molar-refractivity contribution is -0.140. The molecular formula is C10H13FN2O4S. The van der Waals surface area contributed by atoms with E-state index in [1.54, 1.807) is 0 Å². The summed E-state index contributed by atoms with van der Waals surface area (Å²) in [5.74, 6) is -1.68. The average molecular weight is 276 g/mol. The Bertz CT molecular complexity index is 545. The van der Waals surface area contributed by atoms with Crippen molar-refractivity contribution < 1.29 is 22.3 Å². The highest BCUT2D eigenvalue weighted by Gasteiger charge is 2.14. The number of methoxy groups -OCH3 is 1. The van der Waals surface area contributed by atoms with Gasteiger partial charge in [-0.3, -0.25) is 9.52 Å². The van der Waals surface area contributed by atoms with Gasteiger partial charge in [0, 0.05) is 0 Å². The standard InChI is InChI=1S/C10H13FN2O4S/c1-17-10(14)4-5-18(15,16)13-7-2-3-8(11)9(12)6-7/h2-3,6,13H,4-5,12H2,1H3. The molecule has 0 aliphatic carbocycles. The molecule has 1 aromatic carbocycles. The van der Waals surface area contributed by atoms with Crippen LogP contribution in [0.15, 0.2) is 18.2 Å². The van der Waals surface area contributed by atoms with Gasteiger partial charge in [-0.1, -0.05) is 0 Å². The Morgan fingerprint density at radius 1 is 1.50 bits per heavy atom. The number of halogens is 1. The molecule has 0 heterocycles. The maximum Gasteiger partial charge on any atom is 0.306 e. The van der Waals surface area contributed by atoms with Crippen molar-refractivity contribution in [3.8, 4) is 0 Å². The number of rotatable bonds is 5. The van der Waals surface area contributed by atoms with Crippen molar-refractivity contribution in [2.45, 2.75) is 6.42 Å². The molecule has 0 aliphatic rings. The van der Waals surface area contributed by atoms with Crippen LogP contribution in [0, 0.1) is 5.82 Å². The number of sulfonamides is 1. The molecule has 8 heteroatoms. The topological polar surface area (TPSA) is 98.5 Å². The number of carbonyl (C=O) groups excluding carboxylic acids is 1. The Kier molecular flexibility index (Phi) is 4.49. The first-order valence-corrected chi connectivity index (χ1v) is 6.61. The fourth-order valence-electron chi connectivity index (χ4n) is 1.16. The monoisotopic (exact) mass is 276 g/mol. The molecule has 0 radical (unpaired) electrons. The van der Waals surface area contributed by atoms with E-state index < -0.39 is 27.6 Å². The number of hydrogen-bond donors (Lipinski definition) is 2. The minimum absolute atomic E-state index is 0.138. The minimum atomic E-state index is -3.70. The van der Waals surface area contributed by atoms with Crippen molar-refractivity contribution >= 4 is 27.4 Å². The summed E-state index contributed by atoms with van der Waals surface area (Å²) < 4.78 is 42.5. The van der Waals surface area contributed by atoms with E-state index in [1.807, 2.05) is 0 Å². The summed E-state index contributed by atoms with van der Waals surface area (Å²) in [5, 5.41) is 0. The maximum atomic E-state index is 12.9. The van der Waals surface area contributed by atoms with Crippen LogP contribution in [0.4, 0.5) is 15.8 Å². The molecule has 6 nitrogen and oxygen atoms in total. The fraction of sp³-hybridized carbons (Fsp3) is 0.300. The molecule has 1 rings (SSSR count). The van der Waals surface area contributed by atoms with E-state index in [-0.39, 0.29) is 17.8 Å². The Balaban J connectivity index is 2.70. The maximum absolute atomic E-state index is 12.9. The minimum Gasteiger partial charge on any atom is -0.469 e. The van der Waals surface area contributed by atoms with Crippen LogP contribution in [0.5, 0.6) is 0 Å². The number of hydrogen-bond acceptors (Lipinski definition) is 5. The van der Waals surface area contributed by atoms with E-state index >= 15 is 0 Å². The molecule has 1 aromatic rings. The van der Waals surface area contributed by atoms with Gasteiger partial charge in [-0.15, -0.1) is 0 Å². The van der Waals surface area contributed by atoms with Crippen LogP contribution >= 0.6 is 0 Å². The molecule has 0 atom stereocenters. The van der Waals surface area contributed by atoms with Gasteiger partial charge in [0.15, 0.2) is 0 Å². The van der Waals surface area contributed by atoms with Gasteiger partial charge in [0.05, 0.1) is 30.7 Å². The molecule has 0 aliphatic heterocycles. The third kappa shape index (κ3) is 4.21. The molecular weight excluding hydrogens is 263 g/mol. The molecule has 0 saturated carbocycles. The lowest BCUT2D eigenvalue weighted by atomic mass is 10.3. The number of nitrogens with one attached hydrogen (secondary N) is 1. The second-order valence-electron chi connectivity index (χ2n) is 3.48. The summed E-state index contributed by atoms with van der Waals surface area (Å²) in [6, 6.07) is 3.44. The van der Waals surface area contributed by atoms with Crippen molar-refractivity contribution in [2.24, 2.45) is 0 Å². The van der Waals surface area contributed by atoms with Gasteiger partial charge < -0.3 is 10.5 Å². The molecule has 0 unspecified atom stereocenters. The lowest BCUT2D eigenvalue weighted by Crippen LogP contribution is -2.19. The van der Waals surface area contributed by atoms with E-state index in [9.17, 15) is 17.6 Å². The number of nitrogens with two attached hydrogens (primary N) is 1. The second-order valence-corrected chi connectivity index (χ2v) is 5.33. The van der Waals surface area contributed by atoms with Gasteiger partial charge in [0.1, 0.15) is 5.82 Å². The van der Waals surface area contributed by atoms with Gasteiger partial charge in [0.25, 0.3) is 0 Å². The van der Waals surface area contributed by atoms with Gasteiger partial charge in [0.2, 0.25) is 10.0 Å². The number of esters is 1. The molecule has 0 spiro atoms. The summed E-state index contributed by atoms with van der Waals surface area (Å²) >= 11 is 0. The smallest absolute Gasteiger partial charge is 0.306 e. The molecule has 18 heavy (non-hydrogen) atoms. The normalized spacial score (nSPS) is 11.0. The summed E-state index contributed by atoms with van der Waals surface area (Å²) in [6.07, 6.45) is -0.261. The number of carbonyl (C=O) groups is 1. The van der Waals surface area contributed by atoms with Crippen LogP contribution < -0.4 is 10.5 Å². The second kappa shape index (κ2) is 5.67. The molecule has 0 saturated heterocycles. The van der Waals surface area contributed by atoms with Crippen molar-refractivity contribution in [2.75, 3.05) is 23.3 Å². The molecule has 100 valence electrons. The van der Waals surface area contributed by atoms with Crippen LogP contribution in [0.1, 0.15) is 6.42 Å². The van der Waals surface area contributed by atoms with Gasteiger partial charge in [-0.25, -0.2) is 12.8 Å². The van der Waals surface area contributed by atoms with Crippen LogP contribution in [-0.2, 0) is 19.6 Å². The van der Waals surface area contributed by atoms with Crippen molar-refractivity contribution in [3.05, 3.63) is 24.0 Å². The molecule has 0 amide bonds. The molecule has 0 aromatic heterocycles. The Labute approximate surface area is 104 Å². The largest absolute Gasteiger partial charge is 0.469 e. The first kappa shape index (κ1) is 14.2. The Morgan fingerprint density at radius 2 is 2.17 bits per heavy atom. The van der Waals surface area contributed by atoms with Crippen LogP contribution in [0.25, 0.3) is 0 Å². The van der Waals surface area contributed by atoms with Gasteiger partial charge in [-0.2, -0.15) is 0 Å². The molecule has 0 fully saturated rings. The third-order valence-electron chi connectivity index (χ3n) is 2.07. The Hall–Kier alpha value is -1.83. The molecule has 3 N–H and O–H groups in total. The lowest BCUT2D eigenvalue weighted by Gasteiger charge is -2.08.